The fourth-order valence-corrected chi connectivity index (χ4v) is 2.99. The van der Waals surface area contributed by atoms with Gasteiger partial charge in [0, 0.05) is 28.0 Å². The number of thiophene rings is 1. The third-order valence-electron chi connectivity index (χ3n) is 3.31. The van der Waals surface area contributed by atoms with E-state index in [1.807, 2.05) is 18.3 Å². The lowest BCUT2D eigenvalue weighted by atomic mass is 10.1. The zero-order chi connectivity index (χ0) is 13.8. The Hall–Kier alpha value is -1.62. The fraction of sp³-hybridized carbons (Fsp3) is 0.250. The van der Waals surface area contributed by atoms with Gasteiger partial charge in [0.2, 0.25) is 0 Å². The zero-order valence-corrected chi connectivity index (χ0v) is 12.0. The predicted molar refractivity (Wildman–Crippen MR) is 84.0 cm³/mol. The van der Waals surface area contributed by atoms with Crippen LogP contribution in [0.4, 0.5) is 0 Å². The van der Waals surface area contributed by atoms with E-state index >= 15 is 0 Å². The molecule has 4 heteroatoms. The Morgan fingerprint density at radius 1 is 1.20 bits per heavy atom. The van der Waals surface area contributed by atoms with Crippen molar-refractivity contribution in [2.45, 2.75) is 19.1 Å². The van der Waals surface area contributed by atoms with Gasteiger partial charge in [0.25, 0.3) is 0 Å². The summed E-state index contributed by atoms with van der Waals surface area (Å²) in [5.74, 6) is 0. The highest BCUT2D eigenvalue weighted by Crippen LogP contribution is 2.19. The van der Waals surface area contributed by atoms with Crippen LogP contribution in [0.5, 0.6) is 0 Å². The molecule has 0 aliphatic carbocycles. The van der Waals surface area contributed by atoms with Crippen LogP contribution in [-0.4, -0.2) is 17.6 Å². The summed E-state index contributed by atoms with van der Waals surface area (Å²) in [4.78, 5) is 4.52. The van der Waals surface area contributed by atoms with Gasteiger partial charge in [0.15, 0.2) is 0 Å². The topological polar surface area (TPSA) is 51.0 Å². The Balaban J connectivity index is 1.54. The highest BCUT2D eigenvalue weighted by molar-refractivity contribution is 7.09. The van der Waals surface area contributed by atoms with E-state index in [9.17, 15) is 0 Å². The third-order valence-corrected chi connectivity index (χ3v) is 4.16. The highest BCUT2D eigenvalue weighted by Gasteiger charge is 2.09. The number of aromatic amines is 1. The number of fused-ring (bicyclic) bond motifs is 1. The van der Waals surface area contributed by atoms with Crippen molar-refractivity contribution in [1.29, 1.82) is 0 Å². The number of rotatable bonds is 6. The van der Waals surface area contributed by atoms with Crippen molar-refractivity contribution in [1.82, 2.24) is 4.98 Å². The van der Waals surface area contributed by atoms with E-state index in [1.54, 1.807) is 11.3 Å². The van der Waals surface area contributed by atoms with E-state index in [2.05, 4.69) is 34.6 Å². The van der Waals surface area contributed by atoms with E-state index < -0.39 is 0 Å². The van der Waals surface area contributed by atoms with Crippen LogP contribution in [-0.2, 0) is 17.8 Å². The van der Waals surface area contributed by atoms with E-state index in [4.69, 9.17) is 10.5 Å². The molecule has 0 saturated heterocycles. The van der Waals surface area contributed by atoms with Gasteiger partial charge in [-0.05, 0) is 29.5 Å². The molecule has 104 valence electrons. The number of nitrogens with one attached hydrogen (secondary N) is 1. The molecule has 20 heavy (non-hydrogen) atoms. The largest absolute Gasteiger partial charge is 0.374 e. The average Bonchev–Trinajstić information content (AvgIpc) is 3.09. The van der Waals surface area contributed by atoms with Crippen LogP contribution in [0.3, 0.4) is 0 Å². The van der Waals surface area contributed by atoms with Crippen LogP contribution in [0.25, 0.3) is 10.9 Å². The van der Waals surface area contributed by atoms with Crippen LogP contribution >= 0.6 is 11.3 Å². The molecular formula is C16H18N2OS. The highest BCUT2D eigenvalue weighted by atomic mass is 32.1. The zero-order valence-electron chi connectivity index (χ0n) is 11.2. The Morgan fingerprint density at radius 3 is 2.95 bits per heavy atom. The van der Waals surface area contributed by atoms with Gasteiger partial charge in [-0.2, -0.15) is 0 Å². The summed E-state index contributed by atoms with van der Waals surface area (Å²) in [5.41, 5.74) is 8.58. The first kappa shape index (κ1) is 13.4. The molecule has 3 nitrogen and oxygen atoms in total. The van der Waals surface area contributed by atoms with Gasteiger partial charge in [-0.15, -0.1) is 11.3 Å². The van der Waals surface area contributed by atoms with Gasteiger partial charge in [0.05, 0.1) is 13.2 Å². The molecule has 0 spiro atoms. The number of hydrogen-bond acceptors (Lipinski definition) is 3. The van der Waals surface area contributed by atoms with E-state index in [0.717, 1.165) is 11.9 Å². The molecule has 1 aromatic carbocycles. The maximum atomic E-state index is 6.16. The summed E-state index contributed by atoms with van der Waals surface area (Å²) in [7, 11) is 0. The molecule has 3 N–H and O–H groups in total. The second-order valence-corrected chi connectivity index (χ2v) is 5.95. The predicted octanol–water partition coefficient (Wildman–Crippen LogP) is 3.32. The summed E-state index contributed by atoms with van der Waals surface area (Å²) in [5, 5.41) is 3.31. The van der Waals surface area contributed by atoms with E-state index in [-0.39, 0.29) is 6.04 Å². The minimum atomic E-state index is 0.0224. The standard InChI is InChI=1S/C16H18N2OS/c17-13(10-19-11-14-4-3-7-20-14)8-12-9-18-16-6-2-1-5-15(12)16/h1-7,9,13,18H,8,10-11,17H2. The molecule has 0 fully saturated rings. The van der Waals surface area contributed by atoms with E-state index in [1.165, 1.54) is 15.8 Å². The van der Waals surface area contributed by atoms with Crippen LogP contribution < -0.4 is 5.73 Å². The first-order chi connectivity index (χ1) is 9.83. The second kappa shape index (κ2) is 6.22. The number of hydrogen-bond donors (Lipinski definition) is 2. The molecule has 3 aromatic rings. The lowest BCUT2D eigenvalue weighted by molar-refractivity contribution is 0.110. The van der Waals surface area contributed by atoms with E-state index in [0.29, 0.717) is 13.2 Å². The SMILES string of the molecule is NC(COCc1cccs1)Cc1c[nH]c2ccccc12. The summed E-state index contributed by atoms with van der Waals surface area (Å²) in [6.45, 7) is 1.23. The van der Waals surface area contributed by atoms with Crippen molar-refractivity contribution in [3.8, 4) is 0 Å². The lowest BCUT2D eigenvalue weighted by Gasteiger charge is -2.11. The number of benzene rings is 1. The molecule has 2 aromatic heterocycles. The quantitative estimate of drug-likeness (QED) is 0.730. The van der Waals surface area contributed by atoms with Gasteiger partial charge in [-0.1, -0.05) is 24.3 Å². The molecule has 0 aliphatic heterocycles. The number of para-hydroxylation sites is 1. The number of H-pyrrole nitrogens is 1. The Bertz CT molecular complexity index is 660. The molecule has 0 aliphatic rings. The molecule has 0 radical (unpaired) electrons. The van der Waals surface area contributed by atoms with Crippen LogP contribution in [0, 0.1) is 0 Å². The summed E-state index contributed by atoms with van der Waals surface area (Å²) in [6.07, 6.45) is 2.87. The summed E-state index contributed by atoms with van der Waals surface area (Å²) < 4.78 is 5.68. The monoisotopic (exact) mass is 286 g/mol. The Morgan fingerprint density at radius 2 is 2.10 bits per heavy atom. The molecule has 0 amide bonds. The number of aromatic nitrogens is 1. The second-order valence-electron chi connectivity index (χ2n) is 4.92. The van der Waals surface area contributed by atoms with Crippen LogP contribution in [0.15, 0.2) is 48.0 Å². The van der Waals surface area contributed by atoms with Crippen molar-refractivity contribution in [3.05, 3.63) is 58.4 Å². The van der Waals surface area contributed by atoms with Crippen molar-refractivity contribution >= 4 is 22.2 Å². The molecular weight excluding hydrogens is 268 g/mol. The summed E-state index contributed by atoms with van der Waals surface area (Å²) >= 11 is 1.71. The molecule has 0 saturated carbocycles. The van der Waals surface area contributed by atoms with Gasteiger partial charge >= 0.3 is 0 Å². The molecule has 3 rings (SSSR count). The number of ether oxygens (including phenoxy) is 1. The fourth-order valence-electron chi connectivity index (χ4n) is 2.35. The normalized spacial score (nSPS) is 12.8. The van der Waals surface area contributed by atoms with Gasteiger partial charge in [-0.25, -0.2) is 0 Å². The average molecular weight is 286 g/mol. The van der Waals surface area contributed by atoms with Crippen molar-refractivity contribution in [2.75, 3.05) is 6.61 Å². The number of nitrogens with two attached hydrogens (primary N) is 1. The maximum Gasteiger partial charge on any atom is 0.0810 e. The smallest absolute Gasteiger partial charge is 0.0810 e. The van der Waals surface area contributed by atoms with Crippen LogP contribution in [0.1, 0.15) is 10.4 Å². The van der Waals surface area contributed by atoms with Crippen molar-refractivity contribution in [3.63, 3.8) is 0 Å². The van der Waals surface area contributed by atoms with Gasteiger partial charge in [0.1, 0.15) is 0 Å². The molecule has 1 unspecified atom stereocenters. The molecule has 0 bridgehead atoms. The van der Waals surface area contributed by atoms with Gasteiger partial charge < -0.3 is 15.5 Å². The van der Waals surface area contributed by atoms with Crippen molar-refractivity contribution in [2.24, 2.45) is 5.73 Å². The minimum Gasteiger partial charge on any atom is -0.374 e. The molecule has 1 atom stereocenters. The maximum absolute atomic E-state index is 6.16. The van der Waals surface area contributed by atoms with Crippen molar-refractivity contribution < 1.29 is 4.74 Å². The Labute approximate surface area is 122 Å². The van der Waals surface area contributed by atoms with Gasteiger partial charge in [-0.3, -0.25) is 0 Å². The third kappa shape index (κ3) is 3.10. The first-order valence-electron chi connectivity index (χ1n) is 6.73. The minimum absolute atomic E-state index is 0.0224. The lowest BCUT2D eigenvalue weighted by Crippen LogP contribution is -2.28. The summed E-state index contributed by atoms with van der Waals surface area (Å²) in [6, 6.07) is 12.4. The molecule has 2 heterocycles. The van der Waals surface area contributed by atoms with Crippen LogP contribution in [0.2, 0.25) is 0 Å². The Kier molecular flexibility index (Phi) is 4.16. The first-order valence-corrected chi connectivity index (χ1v) is 7.61.